The van der Waals surface area contributed by atoms with Crippen LogP contribution in [0.5, 0.6) is 0 Å². The summed E-state index contributed by atoms with van der Waals surface area (Å²) in [6, 6.07) is 0. The number of imide groups is 1. The van der Waals surface area contributed by atoms with Crippen molar-refractivity contribution in [1.82, 2.24) is 4.90 Å². The first-order valence-corrected chi connectivity index (χ1v) is 5.47. The number of allylic oxidation sites excluding steroid dienone is 2. The van der Waals surface area contributed by atoms with Gasteiger partial charge in [0.15, 0.2) is 0 Å². The molecule has 4 atom stereocenters. The van der Waals surface area contributed by atoms with E-state index in [9.17, 15) is 9.59 Å². The number of carbonyl (C=O) groups is 2. The number of carbonyl (C=O) groups excluding carboxylic acids is 2. The van der Waals surface area contributed by atoms with E-state index in [4.69, 9.17) is 5.73 Å². The number of nitrogens with zero attached hydrogens (tertiary/aromatic N) is 1. The van der Waals surface area contributed by atoms with Crippen molar-refractivity contribution in [3.8, 4) is 0 Å². The van der Waals surface area contributed by atoms with Crippen LogP contribution in [0.3, 0.4) is 0 Å². The molecule has 15 heavy (non-hydrogen) atoms. The Morgan fingerprint density at radius 3 is 2.20 bits per heavy atom. The number of hydrogen-bond donors (Lipinski definition) is 1. The normalized spacial score (nSPS) is 41.8. The van der Waals surface area contributed by atoms with Gasteiger partial charge in [-0.25, -0.2) is 0 Å². The highest BCUT2D eigenvalue weighted by atomic mass is 16.2. The molecule has 1 saturated carbocycles. The van der Waals surface area contributed by atoms with Crippen LogP contribution >= 0.6 is 0 Å². The van der Waals surface area contributed by atoms with Gasteiger partial charge >= 0.3 is 0 Å². The average Bonchev–Trinajstić information content (AvgIpc) is 2.87. The predicted octanol–water partition coefficient (Wildman–Crippen LogP) is -0.248. The van der Waals surface area contributed by atoms with Crippen LogP contribution in [0.15, 0.2) is 12.2 Å². The van der Waals surface area contributed by atoms with Gasteiger partial charge in [0.05, 0.1) is 11.8 Å². The Kier molecular flexibility index (Phi) is 1.77. The van der Waals surface area contributed by atoms with E-state index in [0.29, 0.717) is 24.9 Å². The summed E-state index contributed by atoms with van der Waals surface area (Å²) in [6.07, 6.45) is 5.19. The number of fused-ring (bicyclic) bond motifs is 5. The van der Waals surface area contributed by atoms with Crippen molar-refractivity contribution in [2.75, 3.05) is 13.1 Å². The molecule has 3 rings (SSSR count). The van der Waals surface area contributed by atoms with E-state index in [-0.39, 0.29) is 23.7 Å². The van der Waals surface area contributed by atoms with Crippen LogP contribution in [0.25, 0.3) is 0 Å². The van der Waals surface area contributed by atoms with Gasteiger partial charge in [-0.3, -0.25) is 14.5 Å². The third kappa shape index (κ3) is 1.00. The summed E-state index contributed by atoms with van der Waals surface area (Å²) in [5, 5.41) is 0. The summed E-state index contributed by atoms with van der Waals surface area (Å²) >= 11 is 0. The molecule has 1 aliphatic heterocycles. The second-order valence-corrected chi connectivity index (χ2v) is 4.62. The molecule has 4 heteroatoms. The van der Waals surface area contributed by atoms with Crippen molar-refractivity contribution in [3.63, 3.8) is 0 Å². The van der Waals surface area contributed by atoms with E-state index in [0.717, 1.165) is 6.42 Å². The first-order valence-electron chi connectivity index (χ1n) is 5.47. The maximum atomic E-state index is 12.0. The van der Waals surface area contributed by atoms with Gasteiger partial charge in [-0.1, -0.05) is 12.2 Å². The lowest BCUT2D eigenvalue weighted by molar-refractivity contribution is -0.140. The summed E-state index contributed by atoms with van der Waals surface area (Å²) in [4.78, 5) is 25.3. The van der Waals surface area contributed by atoms with E-state index >= 15 is 0 Å². The Bertz CT molecular complexity index is 334. The maximum Gasteiger partial charge on any atom is 0.233 e. The van der Waals surface area contributed by atoms with Crippen LogP contribution in [0, 0.1) is 23.7 Å². The van der Waals surface area contributed by atoms with Gasteiger partial charge in [0, 0.05) is 13.1 Å². The number of amides is 2. The fourth-order valence-corrected chi connectivity index (χ4v) is 3.31. The minimum atomic E-state index is -0.0703. The molecule has 2 amide bonds. The van der Waals surface area contributed by atoms with E-state index in [1.807, 2.05) is 0 Å². The topological polar surface area (TPSA) is 63.4 Å². The minimum Gasteiger partial charge on any atom is -0.329 e. The SMILES string of the molecule is NCCN1C(=O)[C@@H]2[C@H](C1=O)[C@@H]1C=C[C@@H]2C1. The Morgan fingerprint density at radius 1 is 1.20 bits per heavy atom. The van der Waals surface area contributed by atoms with Gasteiger partial charge in [0.25, 0.3) is 0 Å². The molecule has 4 nitrogen and oxygen atoms in total. The Morgan fingerprint density at radius 2 is 1.73 bits per heavy atom. The van der Waals surface area contributed by atoms with Crippen LogP contribution in [0.1, 0.15) is 6.42 Å². The molecule has 0 aromatic heterocycles. The summed E-state index contributed by atoms with van der Waals surface area (Å²) < 4.78 is 0. The Labute approximate surface area is 88.1 Å². The Hall–Kier alpha value is -1.16. The molecule has 0 radical (unpaired) electrons. The van der Waals surface area contributed by atoms with Crippen molar-refractivity contribution in [3.05, 3.63) is 12.2 Å². The van der Waals surface area contributed by atoms with Gasteiger partial charge in [-0.05, 0) is 18.3 Å². The molecule has 2 aliphatic carbocycles. The maximum absolute atomic E-state index is 12.0. The van der Waals surface area contributed by atoms with E-state index in [2.05, 4.69) is 12.2 Å². The van der Waals surface area contributed by atoms with Crippen molar-refractivity contribution < 1.29 is 9.59 Å². The van der Waals surface area contributed by atoms with E-state index in [1.54, 1.807) is 0 Å². The van der Waals surface area contributed by atoms with Gasteiger partial charge in [-0.2, -0.15) is 0 Å². The number of likely N-dealkylation sites (tertiary alicyclic amines) is 1. The number of hydrogen-bond acceptors (Lipinski definition) is 3. The van der Waals surface area contributed by atoms with Gasteiger partial charge in [0.2, 0.25) is 11.8 Å². The number of rotatable bonds is 2. The lowest BCUT2D eigenvalue weighted by Crippen LogP contribution is -2.36. The van der Waals surface area contributed by atoms with E-state index < -0.39 is 0 Å². The van der Waals surface area contributed by atoms with Gasteiger partial charge in [-0.15, -0.1) is 0 Å². The first-order chi connectivity index (χ1) is 7.24. The molecular formula is C11H14N2O2. The van der Waals surface area contributed by atoms with Gasteiger partial charge < -0.3 is 5.73 Å². The minimum absolute atomic E-state index is 0.00676. The highest BCUT2D eigenvalue weighted by Gasteiger charge is 2.58. The monoisotopic (exact) mass is 206 g/mol. The third-order valence-electron chi connectivity index (χ3n) is 3.91. The second-order valence-electron chi connectivity index (χ2n) is 4.62. The lowest BCUT2D eigenvalue weighted by atomic mass is 9.85. The summed E-state index contributed by atoms with van der Waals surface area (Å²) in [5.41, 5.74) is 5.41. The zero-order valence-corrected chi connectivity index (χ0v) is 8.43. The molecule has 0 unspecified atom stereocenters. The van der Waals surface area contributed by atoms with Crippen LogP contribution in [0.2, 0.25) is 0 Å². The molecule has 0 spiro atoms. The standard InChI is InChI=1S/C11H14N2O2/c12-3-4-13-10(14)8-6-1-2-7(5-6)9(8)11(13)15/h1-2,6-9H,3-5,12H2/t6-,7-,8-,9+/m1/s1. The Balaban J connectivity index is 1.93. The molecule has 80 valence electrons. The fourth-order valence-electron chi connectivity index (χ4n) is 3.31. The molecule has 1 heterocycles. The van der Waals surface area contributed by atoms with E-state index in [1.165, 1.54) is 4.90 Å². The summed E-state index contributed by atoms with van der Waals surface area (Å²) in [6.45, 7) is 0.740. The number of nitrogens with two attached hydrogens (primary N) is 1. The van der Waals surface area contributed by atoms with Crippen LogP contribution in [0.4, 0.5) is 0 Å². The quantitative estimate of drug-likeness (QED) is 0.500. The highest BCUT2D eigenvalue weighted by molar-refractivity contribution is 6.06. The predicted molar refractivity (Wildman–Crippen MR) is 53.5 cm³/mol. The zero-order chi connectivity index (χ0) is 10.6. The molecular weight excluding hydrogens is 192 g/mol. The van der Waals surface area contributed by atoms with Crippen LogP contribution in [-0.4, -0.2) is 29.8 Å². The first kappa shape index (κ1) is 9.09. The van der Waals surface area contributed by atoms with Crippen molar-refractivity contribution in [2.24, 2.45) is 29.4 Å². The molecule has 0 aromatic rings. The van der Waals surface area contributed by atoms with Crippen molar-refractivity contribution in [1.29, 1.82) is 0 Å². The smallest absolute Gasteiger partial charge is 0.233 e. The average molecular weight is 206 g/mol. The van der Waals surface area contributed by atoms with Crippen molar-refractivity contribution in [2.45, 2.75) is 6.42 Å². The van der Waals surface area contributed by atoms with Crippen molar-refractivity contribution >= 4 is 11.8 Å². The molecule has 2 fully saturated rings. The summed E-state index contributed by atoms with van der Waals surface area (Å²) in [5.74, 6) is 0.483. The molecule has 2 N–H and O–H groups in total. The zero-order valence-electron chi connectivity index (χ0n) is 8.43. The summed E-state index contributed by atoms with van der Waals surface area (Å²) in [7, 11) is 0. The molecule has 0 aromatic carbocycles. The molecule has 3 aliphatic rings. The molecule has 2 bridgehead atoms. The van der Waals surface area contributed by atoms with Crippen LogP contribution in [-0.2, 0) is 9.59 Å². The lowest BCUT2D eigenvalue weighted by Gasteiger charge is -2.15. The largest absolute Gasteiger partial charge is 0.329 e. The van der Waals surface area contributed by atoms with Gasteiger partial charge in [0.1, 0.15) is 0 Å². The molecule has 1 saturated heterocycles. The third-order valence-corrected chi connectivity index (χ3v) is 3.91. The fraction of sp³-hybridized carbons (Fsp3) is 0.636. The second kappa shape index (κ2) is 2.92. The highest BCUT2D eigenvalue weighted by Crippen LogP contribution is 2.52. The van der Waals surface area contributed by atoms with Crippen LogP contribution < -0.4 is 5.73 Å².